The van der Waals surface area contributed by atoms with Crippen molar-refractivity contribution in [3.8, 4) is 17.2 Å². The molecule has 0 spiro atoms. The predicted octanol–water partition coefficient (Wildman–Crippen LogP) is 1.99. The van der Waals surface area contributed by atoms with Gasteiger partial charge in [-0.2, -0.15) is 0 Å². The van der Waals surface area contributed by atoms with Crippen LogP contribution in [-0.4, -0.2) is 43.6 Å². The third-order valence-corrected chi connectivity index (χ3v) is 5.20. The van der Waals surface area contributed by atoms with Gasteiger partial charge in [0.15, 0.2) is 11.5 Å². The molecule has 27 heavy (non-hydrogen) atoms. The molecule has 0 aromatic heterocycles. The molecule has 1 amide bonds. The Kier molecular flexibility index (Phi) is 8.01. The van der Waals surface area contributed by atoms with E-state index in [9.17, 15) is 9.90 Å². The first-order chi connectivity index (χ1) is 12.6. The fourth-order valence-corrected chi connectivity index (χ4v) is 3.61. The molecule has 1 atom stereocenters. The summed E-state index contributed by atoms with van der Waals surface area (Å²) in [6.45, 7) is 0.986. The number of fused-ring (bicyclic) bond motifs is 1. The second kappa shape index (κ2) is 10.0. The summed E-state index contributed by atoms with van der Waals surface area (Å²) in [6.07, 6.45) is 5.15. The Morgan fingerprint density at radius 1 is 1.26 bits per heavy atom. The van der Waals surface area contributed by atoms with Gasteiger partial charge in [0, 0.05) is 19.0 Å². The third-order valence-electron chi connectivity index (χ3n) is 5.20. The van der Waals surface area contributed by atoms with E-state index in [1.165, 1.54) is 6.42 Å². The quantitative estimate of drug-likeness (QED) is 0.616. The molecule has 1 fully saturated rings. The largest absolute Gasteiger partial charge is 0.491 e. The number of amides is 1. The van der Waals surface area contributed by atoms with Crippen LogP contribution in [-0.2, 0) is 4.79 Å². The first-order valence-corrected chi connectivity index (χ1v) is 9.27. The molecule has 8 heteroatoms. The second-order valence-corrected chi connectivity index (χ2v) is 7.23. The summed E-state index contributed by atoms with van der Waals surface area (Å²) >= 11 is 0. The van der Waals surface area contributed by atoms with Gasteiger partial charge in [-0.1, -0.05) is 19.3 Å². The van der Waals surface area contributed by atoms with E-state index < -0.39 is 6.10 Å². The molecule has 152 valence electrons. The maximum Gasteiger partial charge on any atom is 0.231 e. The highest BCUT2D eigenvalue weighted by Gasteiger charge is 2.32. The summed E-state index contributed by atoms with van der Waals surface area (Å²) in [5, 5.41) is 12.9. The van der Waals surface area contributed by atoms with Crippen LogP contribution in [0.2, 0.25) is 0 Å². The van der Waals surface area contributed by atoms with Crippen LogP contribution in [0.25, 0.3) is 0 Å². The van der Waals surface area contributed by atoms with Gasteiger partial charge in [0.25, 0.3) is 0 Å². The van der Waals surface area contributed by atoms with Crippen LogP contribution in [0.3, 0.4) is 0 Å². The topological polar surface area (TPSA) is 103 Å². The Hall–Kier alpha value is -1.70. The summed E-state index contributed by atoms with van der Waals surface area (Å²) in [5.41, 5.74) is 5.85. The van der Waals surface area contributed by atoms with Gasteiger partial charge < -0.3 is 30.4 Å². The van der Waals surface area contributed by atoms with Gasteiger partial charge in [-0.05, 0) is 36.9 Å². The SMILES string of the molecule is Cl.NCC1(CC(=O)NCC(O)COc2ccc3c(c2)OCO3)CCCCC1. The first kappa shape index (κ1) is 21.6. The number of ether oxygens (including phenoxy) is 3. The van der Waals surface area contributed by atoms with Crippen LogP contribution < -0.4 is 25.3 Å². The number of nitrogens with one attached hydrogen (secondary N) is 1. The van der Waals surface area contributed by atoms with Crippen molar-refractivity contribution in [2.75, 3.05) is 26.5 Å². The Morgan fingerprint density at radius 3 is 2.74 bits per heavy atom. The van der Waals surface area contributed by atoms with Crippen molar-refractivity contribution in [2.24, 2.45) is 11.1 Å². The highest BCUT2D eigenvalue weighted by Crippen LogP contribution is 2.38. The Bertz CT molecular complexity index is 622. The molecule has 1 aromatic rings. The van der Waals surface area contributed by atoms with E-state index in [1.807, 2.05) is 0 Å². The minimum Gasteiger partial charge on any atom is -0.491 e. The highest BCUT2D eigenvalue weighted by molar-refractivity contribution is 5.85. The molecule has 3 rings (SSSR count). The number of rotatable bonds is 8. The van der Waals surface area contributed by atoms with Crippen LogP contribution in [0.1, 0.15) is 38.5 Å². The molecule has 1 aliphatic carbocycles. The van der Waals surface area contributed by atoms with E-state index in [0.29, 0.717) is 30.2 Å². The molecule has 1 aromatic carbocycles. The molecule has 2 aliphatic rings. The molecule has 0 saturated heterocycles. The number of carbonyl (C=O) groups excluding carboxylic acids is 1. The highest BCUT2D eigenvalue weighted by atomic mass is 35.5. The van der Waals surface area contributed by atoms with Crippen molar-refractivity contribution < 1.29 is 24.1 Å². The zero-order valence-corrected chi connectivity index (χ0v) is 16.3. The summed E-state index contributed by atoms with van der Waals surface area (Å²) in [4.78, 5) is 12.2. The van der Waals surface area contributed by atoms with Crippen LogP contribution in [0.5, 0.6) is 17.2 Å². The van der Waals surface area contributed by atoms with Crippen molar-refractivity contribution in [3.05, 3.63) is 18.2 Å². The van der Waals surface area contributed by atoms with Gasteiger partial charge in [0.1, 0.15) is 18.5 Å². The average molecular weight is 401 g/mol. The zero-order chi connectivity index (χ0) is 18.4. The summed E-state index contributed by atoms with van der Waals surface area (Å²) in [7, 11) is 0. The fourth-order valence-electron chi connectivity index (χ4n) is 3.61. The summed E-state index contributed by atoms with van der Waals surface area (Å²) in [6, 6.07) is 5.25. The van der Waals surface area contributed by atoms with Gasteiger partial charge in [0.05, 0.1) is 0 Å². The molecule has 1 unspecified atom stereocenters. The predicted molar refractivity (Wildman–Crippen MR) is 104 cm³/mol. The van der Waals surface area contributed by atoms with E-state index in [0.717, 1.165) is 25.7 Å². The van der Waals surface area contributed by atoms with Crippen molar-refractivity contribution in [2.45, 2.75) is 44.6 Å². The van der Waals surface area contributed by atoms with E-state index in [2.05, 4.69) is 5.32 Å². The van der Waals surface area contributed by atoms with Gasteiger partial charge in [0.2, 0.25) is 12.7 Å². The maximum absolute atomic E-state index is 12.2. The van der Waals surface area contributed by atoms with Crippen LogP contribution >= 0.6 is 12.4 Å². The van der Waals surface area contributed by atoms with Crippen molar-refractivity contribution >= 4 is 18.3 Å². The lowest BCUT2D eigenvalue weighted by atomic mass is 9.71. The third kappa shape index (κ3) is 5.89. The van der Waals surface area contributed by atoms with Crippen LogP contribution in [0, 0.1) is 5.41 Å². The van der Waals surface area contributed by atoms with Crippen LogP contribution in [0.4, 0.5) is 0 Å². The van der Waals surface area contributed by atoms with E-state index >= 15 is 0 Å². The molecular weight excluding hydrogens is 372 g/mol. The number of aliphatic hydroxyl groups excluding tert-OH is 1. The van der Waals surface area contributed by atoms with Crippen molar-refractivity contribution in [1.29, 1.82) is 0 Å². The molecule has 4 N–H and O–H groups in total. The standard InChI is InChI=1S/C19H28N2O5.ClH/c20-12-19(6-2-1-3-7-19)9-18(23)21-10-14(22)11-24-15-4-5-16-17(8-15)26-13-25-16;/h4-5,8,14,22H,1-3,6-7,9-13,20H2,(H,21,23);1H. The Labute approximate surface area is 166 Å². The molecule has 7 nitrogen and oxygen atoms in total. The van der Waals surface area contributed by atoms with Crippen LogP contribution in [0.15, 0.2) is 18.2 Å². The van der Waals surface area contributed by atoms with Crippen molar-refractivity contribution in [3.63, 3.8) is 0 Å². The van der Waals surface area contributed by atoms with Crippen molar-refractivity contribution in [1.82, 2.24) is 5.32 Å². The monoisotopic (exact) mass is 400 g/mol. The molecule has 1 saturated carbocycles. The van der Waals surface area contributed by atoms with Gasteiger partial charge in [-0.3, -0.25) is 4.79 Å². The number of benzene rings is 1. The Balaban J connectivity index is 0.00000261. The van der Waals surface area contributed by atoms with E-state index in [4.69, 9.17) is 19.9 Å². The van der Waals surface area contributed by atoms with Gasteiger partial charge in [-0.25, -0.2) is 0 Å². The lowest BCUT2D eigenvalue weighted by molar-refractivity contribution is -0.124. The minimum atomic E-state index is -0.787. The first-order valence-electron chi connectivity index (χ1n) is 9.27. The fraction of sp³-hybridized carbons (Fsp3) is 0.632. The molecular formula is C19H29ClN2O5. The average Bonchev–Trinajstić information content (AvgIpc) is 3.13. The second-order valence-electron chi connectivity index (χ2n) is 7.23. The lowest BCUT2D eigenvalue weighted by Gasteiger charge is -2.35. The van der Waals surface area contributed by atoms with Gasteiger partial charge in [-0.15, -0.1) is 12.4 Å². The summed E-state index contributed by atoms with van der Waals surface area (Å²) < 4.78 is 16.1. The normalized spacial score (nSPS) is 18.3. The van der Waals surface area contributed by atoms with E-state index in [1.54, 1.807) is 18.2 Å². The lowest BCUT2D eigenvalue weighted by Crippen LogP contribution is -2.41. The minimum absolute atomic E-state index is 0. The Morgan fingerprint density at radius 2 is 2.00 bits per heavy atom. The summed E-state index contributed by atoms with van der Waals surface area (Å²) in [5.74, 6) is 1.84. The van der Waals surface area contributed by atoms with Gasteiger partial charge >= 0.3 is 0 Å². The number of aliphatic hydroxyl groups is 1. The number of nitrogens with two attached hydrogens (primary N) is 1. The number of halogens is 1. The van der Waals surface area contributed by atoms with E-state index in [-0.39, 0.29) is 43.7 Å². The molecule has 1 heterocycles. The molecule has 0 bridgehead atoms. The maximum atomic E-state index is 12.2. The smallest absolute Gasteiger partial charge is 0.231 e. The zero-order valence-electron chi connectivity index (χ0n) is 15.4. The molecule has 1 aliphatic heterocycles. The molecule has 0 radical (unpaired) electrons. The number of hydrogen-bond donors (Lipinski definition) is 3. The number of carbonyl (C=O) groups is 1. The number of hydrogen-bond acceptors (Lipinski definition) is 6.